The number of carbonyl (C=O) groups is 1. The molecule has 0 aliphatic carbocycles. The molecular weight excluding hydrogens is 214 g/mol. The Kier molecular flexibility index (Phi) is 3.79. The van der Waals surface area contributed by atoms with Gasteiger partial charge in [0.1, 0.15) is 5.54 Å². The first kappa shape index (κ1) is 12.1. The fourth-order valence-corrected chi connectivity index (χ4v) is 2.55. The number of hydrogen-bond donors (Lipinski definition) is 2. The van der Waals surface area contributed by atoms with Gasteiger partial charge >= 0.3 is 5.97 Å². The van der Waals surface area contributed by atoms with Crippen molar-refractivity contribution in [3.63, 3.8) is 0 Å². The van der Waals surface area contributed by atoms with Crippen molar-refractivity contribution in [1.29, 1.82) is 0 Å². The van der Waals surface area contributed by atoms with E-state index in [2.05, 4.69) is 17.4 Å². The highest BCUT2D eigenvalue weighted by Crippen LogP contribution is 2.25. The zero-order chi connectivity index (χ0) is 12.1. The largest absolute Gasteiger partial charge is 0.480 e. The van der Waals surface area contributed by atoms with Crippen molar-refractivity contribution < 1.29 is 9.90 Å². The zero-order valence-electron chi connectivity index (χ0n) is 9.98. The third-order valence-corrected chi connectivity index (χ3v) is 3.56. The lowest BCUT2D eigenvalue weighted by atomic mass is 9.90. The topological polar surface area (TPSA) is 49.3 Å². The maximum Gasteiger partial charge on any atom is 0.323 e. The summed E-state index contributed by atoms with van der Waals surface area (Å²) in [5, 5.41) is 12.5. The number of carboxylic acids is 1. The molecule has 0 aromatic heterocycles. The van der Waals surface area contributed by atoms with Gasteiger partial charge < -0.3 is 10.4 Å². The summed E-state index contributed by atoms with van der Waals surface area (Å²) in [5.41, 5.74) is 0.625. The van der Waals surface area contributed by atoms with E-state index in [9.17, 15) is 9.90 Å². The van der Waals surface area contributed by atoms with Crippen LogP contribution in [0.2, 0.25) is 0 Å². The third-order valence-electron chi connectivity index (χ3n) is 3.56. The van der Waals surface area contributed by atoms with E-state index in [4.69, 9.17) is 0 Å². The molecule has 0 spiro atoms. The number of hydrogen-bond acceptors (Lipinski definition) is 2. The molecule has 1 aliphatic heterocycles. The lowest BCUT2D eigenvalue weighted by Gasteiger charge is -2.24. The molecule has 1 unspecified atom stereocenters. The molecule has 0 bridgehead atoms. The molecule has 0 radical (unpaired) electrons. The van der Waals surface area contributed by atoms with Crippen molar-refractivity contribution in [3.05, 3.63) is 35.9 Å². The maximum atomic E-state index is 11.3. The molecule has 1 aromatic rings. The van der Waals surface area contributed by atoms with Crippen LogP contribution in [0.15, 0.2) is 30.3 Å². The van der Waals surface area contributed by atoms with Crippen LogP contribution >= 0.6 is 0 Å². The molecule has 3 heteroatoms. The SMILES string of the molecule is O=C(O)C1(CCCc2ccccc2)CCCN1. The minimum Gasteiger partial charge on any atom is -0.480 e. The zero-order valence-corrected chi connectivity index (χ0v) is 9.98. The van der Waals surface area contributed by atoms with E-state index in [-0.39, 0.29) is 0 Å². The Labute approximate surface area is 102 Å². The first-order valence-corrected chi connectivity index (χ1v) is 6.25. The summed E-state index contributed by atoms with van der Waals surface area (Å²) >= 11 is 0. The smallest absolute Gasteiger partial charge is 0.323 e. The van der Waals surface area contributed by atoms with Crippen molar-refractivity contribution in [2.75, 3.05) is 6.54 Å². The van der Waals surface area contributed by atoms with E-state index >= 15 is 0 Å². The summed E-state index contributed by atoms with van der Waals surface area (Å²) in [6, 6.07) is 10.2. The van der Waals surface area contributed by atoms with E-state index in [0.717, 1.165) is 38.6 Å². The molecule has 17 heavy (non-hydrogen) atoms. The van der Waals surface area contributed by atoms with Crippen LogP contribution in [0.1, 0.15) is 31.2 Å². The van der Waals surface area contributed by atoms with Crippen molar-refractivity contribution >= 4 is 5.97 Å². The van der Waals surface area contributed by atoms with Gasteiger partial charge in [-0.2, -0.15) is 0 Å². The van der Waals surface area contributed by atoms with Crippen LogP contribution in [0.3, 0.4) is 0 Å². The Balaban J connectivity index is 1.87. The highest BCUT2D eigenvalue weighted by Gasteiger charge is 2.40. The summed E-state index contributed by atoms with van der Waals surface area (Å²) in [5.74, 6) is -0.692. The van der Waals surface area contributed by atoms with E-state index in [1.807, 2.05) is 18.2 Å². The Morgan fingerprint density at radius 1 is 1.35 bits per heavy atom. The monoisotopic (exact) mass is 233 g/mol. The van der Waals surface area contributed by atoms with E-state index in [1.165, 1.54) is 5.56 Å². The Morgan fingerprint density at radius 3 is 2.71 bits per heavy atom. The second-order valence-corrected chi connectivity index (χ2v) is 4.76. The fraction of sp³-hybridized carbons (Fsp3) is 0.500. The molecule has 0 amide bonds. The average Bonchev–Trinajstić information content (AvgIpc) is 2.80. The van der Waals surface area contributed by atoms with Crippen molar-refractivity contribution in [1.82, 2.24) is 5.32 Å². The van der Waals surface area contributed by atoms with Gasteiger partial charge in [-0.05, 0) is 44.2 Å². The standard InChI is InChI=1S/C14H19NO2/c16-13(17)14(10-5-11-15-14)9-4-8-12-6-2-1-3-7-12/h1-3,6-7,15H,4-5,8-11H2,(H,16,17). The van der Waals surface area contributed by atoms with Crippen molar-refractivity contribution in [2.45, 2.75) is 37.6 Å². The molecule has 0 saturated carbocycles. The van der Waals surface area contributed by atoms with Gasteiger partial charge in [-0.3, -0.25) is 4.79 Å². The maximum absolute atomic E-state index is 11.3. The quantitative estimate of drug-likeness (QED) is 0.819. The average molecular weight is 233 g/mol. The number of carboxylic acid groups (broad SMARTS) is 1. The molecular formula is C14H19NO2. The van der Waals surface area contributed by atoms with E-state index < -0.39 is 11.5 Å². The van der Waals surface area contributed by atoms with Gasteiger partial charge in [0.05, 0.1) is 0 Å². The number of aliphatic carboxylic acids is 1. The van der Waals surface area contributed by atoms with Crippen LogP contribution < -0.4 is 5.32 Å². The van der Waals surface area contributed by atoms with Gasteiger partial charge in [0, 0.05) is 0 Å². The van der Waals surface area contributed by atoms with Crippen LogP contribution in [-0.4, -0.2) is 23.2 Å². The summed E-state index contributed by atoms with van der Waals surface area (Å²) < 4.78 is 0. The minimum absolute atomic E-state index is 0.658. The molecule has 1 atom stereocenters. The fourth-order valence-electron chi connectivity index (χ4n) is 2.55. The van der Waals surface area contributed by atoms with Gasteiger partial charge in [-0.15, -0.1) is 0 Å². The number of nitrogens with one attached hydrogen (secondary N) is 1. The van der Waals surface area contributed by atoms with Crippen LogP contribution in [-0.2, 0) is 11.2 Å². The number of benzene rings is 1. The third kappa shape index (κ3) is 2.86. The second kappa shape index (κ2) is 5.32. The molecule has 1 aromatic carbocycles. The first-order chi connectivity index (χ1) is 8.23. The lowest BCUT2D eigenvalue weighted by Crippen LogP contribution is -2.47. The van der Waals surface area contributed by atoms with E-state index in [1.54, 1.807) is 0 Å². The molecule has 2 rings (SSSR count). The van der Waals surface area contributed by atoms with Crippen LogP contribution in [0.4, 0.5) is 0 Å². The van der Waals surface area contributed by atoms with Crippen molar-refractivity contribution in [2.24, 2.45) is 0 Å². The van der Waals surface area contributed by atoms with Gasteiger partial charge in [-0.1, -0.05) is 30.3 Å². The van der Waals surface area contributed by atoms with Gasteiger partial charge in [-0.25, -0.2) is 0 Å². The minimum atomic E-state index is -0.692. The Bertz CT molecular complexity index is 369. The molecule has 1 heterocycles. The predicted octanol–water partition coefficient (Wildman–Crippen LogP) is 2.22. The number of aryl methyl sites for hydroxylation is 1. The Morgan fingerprint density at radius 2 is 2.12 bits per heavy atom. The van der Waals surface area contributed by atoms with Crippen LogP contribution in [0.5, 0.6) is 0 Å². The summed E-state index contributed by atoms with van der Waals surface area (Å²) in [4.78, 5) is 11.3. The first-order valence-electron chi connectivity index (χ1n) is 6.25. The molecule has 1 fully saturated rings. The van der Waals surface area contributed by atoms with Crippen LogP contribution in [0, 0.1) is 0 Å². The number of rotatable bonds is 5. The van der Waals surface area contributed by atoms with Crippen molar-refractivity contribution in [3.8, 4) is 0 Å². The molecule has 3 nitrogen and oxygen atoms in total. The second-order valence-electron chi connectivity index (χ2n) is 4.76. The molecule has 1 saturated heterocycles. The van der Waals surface area contributed by atoms with Gasteiger partial charge in [0.2, 0.25) is 0 Å². The molecule has 2 N–H and O–H groups in total. The molecule has 1 aliphatic rings. The van der Waals surface area contributed by atoms with E-state index in [0.29, 0.717) is 0 Å². The summed E-state index contributed by atoms with van der Waals surface area (Å²) in [6.45, 7) is 0.831. The predicted molar refractivity (Wildman–Crippen MR) is 67.0 cm³/mol. The van der Waals surface area contributed by atoms with Gasteiger partial charge in [0.15, 0.2) is 0 Å². The Hall–Kier alpha value is -1.35. The van der Waals surface area contributed by atoms with Crippen LogP contribution in [0.25, 0.3) is 0 Å². The lowest BCUT2D eigenvalue weighted by molar-refractivity contribution is -0.144. The summed E-state index contributed by atoms with van der Waals surface area (Å²) in [7, 11) is 0. The molecule has 92 valence electrons. The summed E-state index contributed by atoms with van der Waals surface area (Å²) in [6.07, 6.45) is 4.33. The van der Waals surface area contributed by atoms with Gasteiger partial charge in [0.25, 0.3) is 0 Å². The normalized spacial score (nSPS) is 23.8. The highest BCUT2D eigenvalue weighted by atomic mass is 16.4. The highest BCUT2D eigenvalue weighted by molar-refractivity contribution is 5.79.